The van der Waals surface area contributed by atoms with E-state index in [4.69, 9.17) is 15.2 Å². The lowest BCUT2D eigenvalue weighted by atomic mass is 9.48. The third-order valence-electron chi connectivity index (χ3n) is 8.61. The predicted molar refractivity (Wildman–Crippen MR) is 142 cm³/mol. The molecule has 2 heterocycles. The van der Waals surface area contributed by atoms with Crippen LogP contribution < -0.4 is 20.5 Å². The summed E-state index contributed by atoms with van der Waals surface area (Å²) in [5.74, 6) is 4.33. The predicted octanol–water partition coefficient (Wildman–Crippen LogP) is 6.58. The highest BCUT2D eigenvalue weighted by atomic mass is 16.5. The summed E-state index contributed by atoms with van der Waals surface area (Å²) in [6.07, 6.45) is 7.92. The number of nitrogens with two attached hydrogens (primary N) is 1. The standard InChI is InChI=1S/C24H28N2O2.C7H6O/c1-28-22-7-6-18(23(27)26-21-5-3-2-4-20(21)25)11-19(22)24-12-15-8-16(13-24)10-17(9-15)14-24;1-3-7-4-2-6(1)5-8-7/h2-7,11,15-17H,8-10,12-14,25H2,1H3,(H,26,27);1-4H,5H2. The summed E-state index contributed by atoms with van der Waals surface area (Å²) in [6, 6.07) is 21.4. The molecule has 0 atom stereocenters. The van der Waals surface area contributed by atoms with E-state index in [1.165, 1.54) is 49.7 Å². The Bertz CT molecular complexity index is 1210. The fraction of sp³-hybridized carbons (Fsp3) is 0.387. The average molecular weight is 483 g/mol. The molecule has 5 nitrogen and oxygen atoms in total. The Morgan fingerprint density at radius 1 is 0.944 bits per heavy atom. The normalized spacial score (nSPS) is 26.5. The number of benzene rings is 3. The number of carbonyl (C=O) groups excluding carboxylic acids is 1. The minimum Gasteiger partial charge on any atom is -0.496 e. The van der Waals surface area contributed by atoms with E-state index in [0.717, 1.165) is 35.9 Å². The zero-order valence-electron chi connectivity index (χ0n) is 20.8. The van der Waals surface area contributed by atoms with Gasteiger partial charge in [-0.1, -0.05) is 24.3 Å². The van der Waals surface area contributed by atoms with Crippen LogP contribution in [-0.2, 0) is 12.0 Å². The van der Waals surface area contributed by atoms with Crippen molar-refractivity contribution < 1.29 is 14.3 Å². The van der Waals surface area contributed by atoms with Crippen LogP contribution in [0.4, 0.5) is 11.4 Å². The van der Waals surface area contributed by atoms with Gasteiger partial charge in [0, 0.05) is 11.1 Å². The number of anilines is 2. The summed E-state index contributed by atoms with van der Waals surface area (Å²) in [6.45, 7) is 0.766. The lowest BCUT2D eigenvalue weighted by Crippen LogP contribution is -2.48. The molecule has 0 radical (unpaired) electrons. The van der Waals surface area contributed by atoms with Crippen molar-refractivity contribution in [3.8, 4) is 11.5 Å². The van der Waals surface area contributed by atoms with Gasteiger partial charge in [0.2, 0.25) is 0 Å². The molecule has 0 aromatic heterocycles. The Morgan fingerprint density at radius 2 is 1.61 bits per heavy atom. The van der Waals surface area contributed by atoms with Gasteiger partial charge in [-0.15, -0.1) is 0 Å². The van der Waals surface area contributed by atoms with Crippen molar-refractivity contribution in [2.24, 2.45) is 17.8 Å². The smallest absolute Gasteiger partial charge is 0.255 e. The summed E-state index contributed by atoms with van der Waals surface area (Å²) in [4.78, 5) is 12.9. The molecule has 3 aromatic carbocycles. The zero-order chi connectivity index (χ0) is 24.7. The van der Waals surface area contributed by atoms with Gasteiger partial charge in [0.1, 0.15) is 18.1 Å². The van der Waals surface area contributed by atoms with Gasteiger partial charge in [0.05, 0.1) is 18.5 Å². The summed E-state index contributed by atoms with van der Waals surface area (Å²) in [7, 11) is 1.74. The average Bonchev–Trinajstić information content (AvgIpc) is 2.90. The Kier molecular flexibility index (Phi) is 5.87. The van der Waals surface area contributed by atoms with Crippen molar-refractivity contribution in [2.45, 2.75) is 50.5 Å². The third kappa shape index (κ3) is 4.32. The number of rotatable bonds is 4. The van der Waals surface area contributed by atoms with Crippen LogP contribution in [0.2, 0.25) is 0 Å². The van der Waals surface area contributed by atoms with Crippen LogP contribution in [0.25, 0.3) is 0 Å². The highest BCUT2D eigenvalue weighted by molar-refractivity contribution is 6.06. The number of carbonyl (C=O) groups is 1. The van der Waals surface area contributed by atoms with E-state index in [0.29, 0.717) is 16.9 Å². The zero-order valence-corrected chi connectivity index (χ0v) is 20.8. The first-order valence-corrected chi connectivity index (χ1v) is 13.1. The molecule has 0 saturated heterocycles. The molecule has 5 heteroatoms. The Morgan fingerprint density at radius 3 is 2.11 bits per heavy atom. The fourth-order valence-corrected chi connectivity index (χ4v) is 7.36. The maximum absolute atomic E-state index is 12.9. The maximum atomic E-state index is 12.9. The van der Waals surface area contributed by atoms with E-state index >= 15 is 0 Å². The topological polar surface area (TPSA) is 73.6 Å². The van der Waals surface area contributed by atoms with Crippen LogP contribution in [0, 0.1) is 17.8 Å². The molecule has 4 saturated carbocycles. The van der Waals surface area contributed by atoms with Crippen molar-refractivity contribution >= 4 is 17.3 Å². The minimum atomic E-state index is -0.119. The fourth-order valence-electron chi connectivity index (χ4n) is 7.36. The van der Waals surface area contributed by atoms with E-state index in [-0.39, 0.29) is 11.3 Å². The van der Waals surface area contributed by atoms with Crippen LogP contribution in [0.1, 0.15) is 60.0 Å². The van der Waals surface area contributed by atoms with Crippen LogP contribution in [0.3, 0.4) is 0 Å². The molecule has 3 N–H and O–H groups in total. The van der Waals surface area contributed by atoms with Crippen LogP contribution >= 0.6 is 0 Å². The first-order valence-electron chi connectivity index (χ1n) is 13.1. The number of fused-ring (bicyclic) bond motifs is 3. The van der Waals surface area contributed by atoms with E-state index in [1.807, 2.05) is 42.5 Å². The van der Waals surface area contributed by atoms with Crippen molar-refractivity contribution in [2.75, 3.05) is 18.2 Å². The number of para-hydroxylation sites is 2. The number of nitrogen functional groups attached to an aromatic ring is 1. The summed E-state index contributed by atoms with van der Waals surface area (Å²) in [5.41, 5.74) is 10.6. The van der Waals surface area contributed by atoms with Gasteiger partial charge in [-0.25, -0.2) is 0 Å². The molecule has 1 amide bonds. The van der Waals surface area contributed by atoms with Crippen molar-refractivity contribution in [3.63, 3.8) is 0 Å². The van der Waals surface area contributed by atoms with Crippen LogP contribution in [0.15, 0.2) is 66.7 Å². The largest absolute Gasteiger partial charge is 0.496 e. The number of amides is 1. The molecule has 4 aliphatic carbocycles. The van der Waals surface area contributed by atoms with Gasteiger partial charge < -0.3 is 20.5 Å². The Balaban J connectivity index is 0.000000253. The van der Waals surface area contributed by atoms with E-state index in [1.54, 1.807) is 13.2 Å². The Hall–Kier alpha value is -3.47. The molecule has 36 heavy (non-hydrogen) atoms. The molecule has 0 unspecified atom stereocenters. The van der Waals surface area contributed by atoms with Gasteiger partial charge in [-0.2, -0.15) is 0 Å². The minimum absolute atomic E-state index is 0.119. The molecule has 9 rings (SSSR count). The van der Waals surface area contributed by atoms with Gasteiger partial charge in [-0.3, -0.25) is 4.79 Å². The SMILES string of the molecule is COc1ccc(C(=O)Nc2ccccc2N)cc1C12CC3CC(CC(C3)C1)C2.c1cc2ccc1CO2. The number of nitrogens with one attached hydrogen (secondary N) is 1. The molecule has 0 spiro atoms. The third-order valence-corrected chi connectivity index (χ3v) is 8.61. The van der Waals surface area contributed by atoms with Crippen molar-refractivity contribution in [1.29, 1.82) is 0 Å². The van der Waals surface area contributed by atoms with Gasteiger partial charge in [0.25, 0.3) is 5.91 Å². The molecule has 186 valence electrons. The monoisotopic (exact) mass is 482 g/mol. The lowest BCUT2D eigenvalue weighted by Gasteiger charge is -2.57. The first-order chi connectivity index (χ1) is 17.5. The van der Waals surface area contributed by atoms with Crippen LogP contribution in [-0.4, -0.2) is 13.0 Å². The van der Waals surface area contributed by atoms with E-state index in [2.05, 4.69) is 23.5 Å². The highest BCUT2D eigenvalue weighted by Gasteiger charge is 2.52. The molecule has 2 aliphatic heterocycles. The first kappa shape index (κ1) is 23.0. The second kappa shape index (κ2) is 9.20. The van der Waals surface area contributed by atoms with E-state index in [9.17, 15) is 4.79 Å². The van der Waals surface area contributed by atoms with Gasteiger partial charge >= 0.3 is 0 Å². The lowest BCUT2D eigenvalue weighted by molar-refractivity contribution is -0.00617. The van der Waals surface area contributed by atoms with Crippen molar-refractivity contribution in [3.05, 3.63) is 83.4 Å². The second-order valence-electron chi connectivity index (χ2n) is 11.1. The maximum Gasteiger partial charge on any atom is 0.255 e. The number of methoxy groups -OCH3 is 1. The summed E-state index contributed by atoms with van der Waals surface area (Å²) >= 11 is 0. The van der Waals surface area contributed by atoms with Crippen LogP contribution in [0.5, 0.6) is 11.5 Å². The number of ether oxygens (including phenoxy) is 2. The van der Waals surface area contributed by atoms with Crippen molar-refractivity contribution in [1.82, 2.24) is 0 Å². The molecular formula is C31H34N2O3. The van der Waals surface area contributed by atoms with Gasteiger partial charge in [-0.05, 0) is 110 Å². The van der Waals surface area contributed by atoms with Gasteiger partial charge in [0.15, 0.2) is 0 Å². The number of hydrogen-bond acceptors (Lipinski definition) is 4. The molecule has 6 aliphatic rings. The highest BCUT2D eigenvalue weighted by Crippen LogP contribution is 2.61. The molecule has 3 aromatic rings. The summed E-state index contributed by atoms with van der Waals surface area (Å²) in [5, 5.41) is 2.96. The second-order valence-corrected chi connectivity index (χ2v) is 11.1. The van der Waals surface area contributed by atoms with E-state index < -0.39 is 0 Å². The Labute approximate surface area is 213 Å². The summed E-state index contributed by atoms with van der Waals surface area (Å²) < 4.78 is 10.9. The quantitative estimate of drug-likeness (QED) is 0.412. The molecular weight excluding hydrogens is 448 g/mol. The molecule has 4 fully saturated rings. The molecule has 6 bridgehead atoms. The number of hydrogen-bond donors (Lipinski definition) is 2.